The number of nitrogens with two attached hydrogens (primary N) is 1. The Bertz CT molecular complexity index is 490. The van der Waals surface area contributed by atoms with Gasteiger partial charge in [-0.25, -0.2) is 0 Å². The van der Waals surface area contributed by atoms with Crippen LogP contribution in [-0.4, -0.2) is 61.5 Å². The van der Waals surface area contributed by atoms with Gasteiger partial charge >= 0.3 is 0 Å². The number of amides is 1. The van der Waals surface area contributed by atoms with Gasteiger partial charge in [-0.1, -0.05) is 0 Å². The Morgan fingerprint density at radius 2 is 1.81 bits per heavy atom. The smallest absolute Gasteiger partial charge is 0.241 e. The van der Waals surface area contributed by atoms with Crippen LogP contribution in [0.25, 0.3) is 0 Å². The summed E-state index contributed by atoms with van der Waals surface area (Å²) in [5.74, 6) is 0.215. The summed E-state index contributed by atoms with van der Waals surface area (Å²) >= 11 is 0. The lowest BCUT2D eigenvalue weighted by Gasteiger charge is -2.33. The molecule has 1 saturated heterocycles. The van der Waals surface area contributed by atoms with Crippen LogP contribution in [0.1, 0.15) is 12.8 Å². The first-order valence-corrected chi connectivity index (χ1v) is 7.72. The van der Waals surface area contributed by atoms with Crippen molar-refractivity contribution in [1.29, 1.82) is 0 Å². The molecule has 0 spiro atoms. The highest BCUT2D eigenvalue weighted by Gasteiger charge is 2.34. The molecule has 2 fully saturated rings. The summed E-state index contributed by atoms with van der Waals surface area (Å²) in [6.07, 6.45) is 2.22. The molecular weight excluding hydrogens is 264 g/mol. The van der Waals surface area contributed by atoms with Crippen LogP contribution in [0.3, 0.4) is 0 Å². The van der Waals surface area contributed by atoms with Crippen LogP contribution in [0.15, 0.2) is 24.3 Å². The highest BCUT2D eigenvalue weighted by molar-refractivity contribution is 5.96. The van der Waals surface area contributed by atoms with E-state index in [-0.39, 0.29) is 5.91 Å². The van der Waals surface area contributed by atoms with Crippen LogP contribution in [0.5, 0.6) is 0 Å². The highest BCUT2D eigenvalue weighted by atomic mass is 16.2. The highest BCUT2D eigenvalue weighted by Crippen LogP contribution is 2.32. The van der Waals surface area contributed by atoms with Crippen molar-refractivity contribution in [3.63, 3.8) is 0 Å². The molecule has 5 nitrogen and oxygen atoms in total. The Hall–Kier alpha value is -1.59. The van der Waals surface area contributed by atoms with E-state index in [9.17, 15) is 4.79 Å². The third-order valence-corrected chi connectivity index (χ3v) is 4.31. The van der Waals surface area contributed by atoms with Crippen molar-refractivity contribution in [2.24, 2.45) is 0 Å². The first-order valence-electron chi connectivity index (χ1n) is 7.72. The topological polar surface area (TPSA) is 52.8 Å². The molecule has 1 aromatic carbocycles. The number of likely N-dealkylation sites (N-methyl/N-ethyl adjacent to an activating group) is 1. The van der Waals surface area contributed by atoms with Gasteiger partial charge < -0.3 is 15.5 Å². The van der Waals surface area contributed by atoms with E-state index in [0.717, 1.165) is 50.4 Å². The molecule has 3 rings (SSSR count). The van der Waals surface area contributed by atoms with Gasteiger partial charge in [-0.05, 0) is 44.2 Å². The van der Waals surface area contributed by atoms with Gasteiger partial charge in [0.1, 0.15) is 0 Å². The molecule has 2 N–H and O–H groups in total. The summed E-state index contributed by atoms with van der Waals surface area (Å²) in [6, 6.07) is 8.03. The Balaban J connectivity index is 1.66. The Labute approximate surface area is 126 Å². The van der Waals surface area contributed by atoms with E-state index in [2.05, 4.69) is 16.8 Å². The lowest BCUT2D eigenvalue weighted by Crippen LogP contribution is -2.49. The summed E-state index contributed by atoms with van der Waals surface area (Å²) in [5, 5.41) is 0. The number of carbonyl (C=O) groups is 1. The van der Waals surface area contributed by atoms with Crippen molar-refractivity contribution in [3.8, 4) is 0 Å². The van der Waals surface area contributed by atoms with Crippen molar-refractivity contribution in [2.75, 3.05) is 50.4 Å². The van der Waals surface area contributed by atoms with E-state index < -0.39 is 0 Å². The predicted molar refractivity (Wildman–Crippen MR) is 85.3 cm³/mol. The van der Waals surface area contributed by atoms with Crippen LogP contribution in [0.2, 0.25) is 0 Å². The third-order valence-electron chi connectivity index (χ3n) is 4.31. The maximum Gasteiger partial charge on any atom is 0.241 e. The molecule has 1 amide bonds. The van der Waals surface area contributed by atoms with Gasteiger partial charge in [-0.3, -0.25) is 9.69 Å². The van der Waals surface area contributed by atoms with Crippen LogP contribution in [0, 0.1) is 0 Å². The van der Waals surface area contributed by atoms with Gasteiger partial charge in [-0.15, -0.1) is 0 Å². The minimum absolute atomic E-state index is 0.215. The molecule has 1 aromatic rings. The molecule has 0 unspecified atom stereocenters. The minimum atomic E-state index is 0.215. The second-order valence-corrected chi connectivity index (χ2v) is 6.17. The average molecular weight is 288 g/mol. The summed E-state index contributed by atoms with van der Waals surface area (Å²) in [5.41, 5.74) is 7.46. The van der Waals surface area contributed by atoms with Crippen molar-refractivity contribution in [1.82, 2.24) is 9.80 Å². The summed E-state index contributed by atoms with van der Waals surface area (Å²) < 4.78 is 0. The van der Waals surface area contributed by atoms with Gasteiger partial charge in [-0.2, -0.15) is 0 Å². The number of hydrogen-bond acceptors (Lipinski definition) is 4. The van der Waals surface area contributed by atoms with E-state index in [4.69, 9.17) is 5.73 Å². The molecule has 0 radical (unpaired) electrons. The molecule has 1 heterocycles. The average Bonchev–Trinajstić information content (AvgIpc) is 3.29. The lowest BCUT2D eigenvalue weighted by molar-refractivity contribution is -0.120. The van der Waals surface area contributed by atoms with E-state index in [0.29, 0.717) is 12.6 Å². The third kappa shape index (κ3) is 3.54. The molecule has 1 saturated carbocycles. The van der Waals surface area contributed by atoms with Crippen molar-refractivity contribution < 1.29 is 4.79 Å². The number of carbonyl (C=O) groups excluding carboxylic acids is 1. The molecule has 5 heteroatoms. The van der Waals surface area contributed by atoms with Gasteiger partial charge in [0, 0.05) is 43.6 Å². The normalized spacial score (nSPS) is 20.4. The monoisotopic (exact) mass is 288 g/mol. The summed E-state index contributed by atoms with van der Waals surface area (Å²) in [6.45, 7) is 4.55. The van der Waals surface area contributed by atoms with Crippen LogP contribution in [0.4, 0.5) is 11.4 Å². The number of nitrogen functional groups attached to an aromatic ring is 1. The minimum Gasteiger partial charge on any atom is -0.399 e. The predicted octanol–water partition coefficient (Wildman–Crippen LogP) is 1.01. The van der Waals surface area contributed by atoms with Crippen LogP contribution < -0.4 is 10.6 Å². The number of nitrogens with zero attached hydrogens (tertiary/aromatic N) is 3. The molecule has 1 aliphatic heterocycles. The maximum absolute atomic E-state index is 12.7. The number of anilines is 2. The van der Waals surface area contributed by atoms with E-state index in [1.807, 2.05) is 29.2 Å². The van der Waals surface area contributed by atoms with E-state index >= 15 is 0 Å². The second kappa shape index (κ2) is 6.03. The Morgan fingerprint density at radius 3 is 2.38 bits per heavy atom. The largest absolute Gasteiger partial charge is 0.399 e. The lowest BCUT2D eigenvalue weighted by atomic mass is 10.2. The van der Waals surface area contributed by atoms with Crippen LogP contribution >= 0.6 is 0 Å². The fraction of sp³-hybridized carbons (Fsp3) is 0.562. The molecule has 2 aliphatic rings. The molecule has 114 valence electrons. The second-order valence-electron chi connectivity index (χ2n) is 6.17. The first kappa shape index (κ1) is 14.4. The Kier molecular flexibility index (Phi) is 4.12. The molecule has 0 aromatic heterocycles. The van der Waals surface area contributed by atoms with Gasteiger partial charge in [0.25, 0.3) is 0 Å². The number of benzene rings is 1. The van der Waals surface area contributed by atoms with E-state index in [1.165, 1.54) is 0 Å². The number of rotatable bonds is 4. The first-order chi connectivity index (χ1) is 10.1. The molecular formula is C16H24N4O. The van der Waals surface area contributed by atoms with Gasteiger partial charge in [0.05, 0.1) is 6.54 Å². The van der Waals surface area contributed by atoms with Crippen LogP contribution in [-0.2, 0) is 4.79 Å². The summed E-state index contributed by atoms with van der Waals surface area (Å²) in [7, 11) is 2.13. The number of piperazine rings is 1. The van der Waals surface area contributed by atoms with Gasteiger partial charge in [0.15, 0.2) is 0 Å². The Morgan fingerprint density at radius 1 is 1.19 bits per heavy atom. The zero-order valence-electron chi connectivity index (χ0n) is 12.7. The van der Waals surface area contributed by atoms with E-state index in [1.54, 1.807) is 0 Å². The molecule has 0 atom stereocenters. The van der Waals surface area contributed by atoms with Crippen molar-refractivity contribution in [2.45, 2.75) is 18.9 Å². The van der Waals surface area contributed by atoms with Crippen molar-refractivity contribution in [3.05, 3.63) is 24.3 Å². The maximum atomic E-state index is 12.7. The zero-order chi connectivity index (χ0) is 14.8. The number of hydrogen-bond donors (Lipinski definition) is 1. The summed E-state index contributed by atoms with van der Waals surface area (Å²) in [4.78, 5) is 19.2. The molecule has 0 bridgehead atoms. The zero-order valence-corrected chi connectivity index (χ0v) is 12.7. The SMILES string of the molecule is CN1CCN(CC(=O)N(c2ccc(N)cc2)C2CC2)CC1. The van der Waals surface area contributed by atoms with Gasteiger partial charge in [0.2, 0.25) is 5.91 Å². The van der Waals surface area contributed by atoms with Crippen molar-refractivity contribution >= 4 is 17.3 Å². The molecule has 1 aliphatic carbocycles. The fourth-order valence-corrected chi connectivity index (χ4v) is 2.80. The quantitative estimate of drug-likeness (QED) is 0.840. The standard InChI is InChI=1S/C16H24N4O/c1-18-8-10-19(11-9-18)12-16(21)20(15-6-7-15)14-4-2-13(17)3-5-14/h2-5,15H,6-12,17H2,1H3. The fourth-order valence-electron chi connectivity index (χ4n) is 2.80. The molecule has 21 heavy (non-hydrogen) atoms.